The summed E-state index contributed by atoms with van der Waals surface area (Å²) in [5, 5.41) is 0. The second-order valence-corrected chi connectivity index (χ2v) is 8.87. The molecule has 0 saturated carbocycles. The first kappa shape index (κ1) is 26.6. The molecule has 0 spiro atoms. The van der Waals surface area contributed by atoms with Gasteiger partial charge in [-0.3, -0.25) is 4.79 Å². The molecule has 4 rings (SSSR count). The summed E-state index contributed by atoms with van der Waals surface area (Å²) >= 11 is 0. The maximum absolute atomic E-state index is 13.7. The predicted octanol–water partition coefficient (Wildman–Crippen LogP) is 5.80. The van der Waals surface area contributed by atoms with Crippen molar-refractivity contribution in [2.75, 3.05) is 32.9 Å². The fourth-order valence-corrected chi connectivity index (χ4v) is 4.75. The zero-order chi connectivity index (χ0) is 26.6. The van der Waals surface area contributed by atoms with Gasteiger partial charge < -0.3 is 23.7 Å². The third kappa shape index (κ3) is 5.78. The van der Waals surface area contributed by atoms with Gasteiger partial charge >= 0.3 is 6.18 Å². The lowest BCUT2D eigenvalue weighted by molar-refractivity contribution is -0.147. The van der Waals surface area contributed by atoms with Crippen molar-refractivity contribution in [3.8, 4) is 17.2 Å². The molecule has 10 heteroatoms. The average molecular weight is 520 g/mol. The minimum absolute atomic E-state index is 0.0129. The minimum Gasteiger partial charge on any atom is -0.490 e. The van der Waals surface area contributed by atoms with E-state index < -0.39 is 12.0 Å². The standard InChI is InChI=1S/C27H32F3N3O4/c1-4-35-22-15-19(16-23(36-5-2)24(22)37-6-3)25(34)32-13-11-18(12-14-32)17-33-21-10-8-7-9-20(21)31-26(33)27(28,29)30/h7-10,15-16,18H,4-6,11-14,17H2,1-3H3. The molecular weight excluding hydrogens is 487 g/mol. The number of benzene rings is 2. The number of rotatable bonds is 9. The highest BCUT2D eigenvalue weighted by Gasteiger charge is 2.38. The van der Waals surface area contributed by atoms with E-state index in [1.54, 1.807) is 41.3 Å². The summed E-state index contributed by atoms with van der Waals surface area (Å²) in [6.45, 7) is 7.86. The lowest BCUT2D eigenvalue weighted by Gasteiger charge is -2.33. The number of para-hydroxylation sites is 2. The number of carbonyl (C=O) groups is 1. The van der Waals surface area contributed by atoms with Gasteiger partial charge in [0.1, 0.15) is 0 Å². The zero-order valence-corrected chi connectivity index (χ0v) is 21.3. The molecule has 0 bridgehead atoms. The normalized spacial score (nSPS) is 14.7. The maximum atomic E-state index is 13.7. The second kappa shape index (κ2) is 11.3. The lowest BCUT2D eigenvalue weighted by Crippen LogP contribution is -2.39. The van der Waals surface area contributed by atoms with Crippen LogP contribution < -0.4 is 14.2 Å². The Morgan fingerprint density at radius 2 is 1.57 bits per heavy atom. The van der Waals surface area contributed by atoms with Gasteiger partial charge in [-0.25, -0.2) is 4.98 Å². The Hall–Kier alpha value is -3.43. The van der Waals surface area contributed by atoms with Crippen molar-refractivity contribution < 1.29 is 32.2 Å². The van der Waals surface area contributed by atoms with Crippen LogP contribution in [0.3, 0.4) is 0 Å². The van der Waals surface area contributed by atoms with Gasteiger partial charge in [-0.2, -0.15) is 13.2 Å². The number of amides is 1. The number of likely N-dealkylation sites (tertiary alicyclic amines) is 1. The fourth-order valence-electron chi connectivity index (χ4n) is 4.75. The van der Waals surface area contributed by atoms with Crippen molar-refractivity contribution in [2.45, 2.75) is 46.3 Å². The monoisotopic (exact) mass is 519 g/mol. The van der Waals surface area contributed by atoms with Crippen molar-refractivity contribution >= 4 is 16.9 Å². The number of hydrogen-bond donors (Lipinski definition) is 0. The van der Waals surface area contributed by atoms with Gasteiger partial charge in [0.15, 0.2) is 11.5 Å². The van der Waals surface area contributed by atoms with E-state index in [2.05, 4.69) is 4.98 Å². The number of alkyl halides is 3. The van der Waals surface area contributed by atoms with Gasteiger partial charge in [0.25, 0.3) is 5.91 Å². The quantitative estimate of drug-likeness (QED) is 0.357. The summed E-state index contributed by atoms with van der Waals surface area (Å²) in [6, 6.07) is 9.97. The van der Waals surface area contributed by atoms with Crippen molar-refractivity contribution in [3.05, 3.63) is 47.8 Å². The molecule has 0 aliphatic carbocycles. The molecule has 2 heterocycles. The number of ether oxygens (including phenoxy) is 3. The van der Waals surface area contributed by atoms with Gasteiger partial charge in [-0.15, -0.1) is 0 Å². The van der Waals surface area contributed by atoms with Crippen LogP contribution in [0.1, 0.15) is 49.8 Å². The van der Waals surface area contributed by atoms with E-state index in [1.807, 2.05) is 20.8 Å². The predicted molar refractivity (Wildman–Crippen MR) is 133 cm³/mol. The molecule has 3 aromatic rings. The van der Waals surface area contributed by atoms with Crippen LogP contribution in [0.2, 0.25) is 0 Å². The van der Waals surface area contributed by atoms with Gasteiger partial charge in [0, 0.05) is 25.2 Å². The van der Waals surface area contributed by atoms with E-state index in [0.29, 0.717) is 79.6 Å². The number of carbonyl (C=O) groups excluding carboxylic acids is 1. The Balaban J connectivity index is 1.50. The fraction of sp³-hybridized carbons (Fsp3) is 0.481. The molecule has 1 amide bonds. The first-order valence-electron chi connectivity index (χ1n) is 12.6. The third-order valence-electron chi connectivity index (χ3n) is 6.41. The Kier molecular flexibility index (Phi) is 8.14. The zero-order valence-electron chi connectivity index (χ0n) is 21.3. The van der Waals surface area contributed by atoms with Crippen LogP contribution in [-0.4, -0.2) is 53.3 Å². The topological polar surface area (TPSA) is 65.8 Å². The molecule has 2 aromatic carbocycles. The summed E-state index contributed by atoms with van der Waals surface area (Å²) < 4.78 is 59.5. The molecule has 7 nitrogen and oxygen atoms in total. The summed E-state index contributed by atoms with van der Waals surface area (Å²) in [5.74, 6) is 0.289. The number of aromatic nitrogens is 2. The van der Waals surface area contributed by atoms with Crippen LogP contribution in [0.15, 0.2) is 36.4 Å². The Labute approximate surface area is 214 Å². The molecule has 0 radical (unpaired) electrons. The Bertz CT molecular complexity index is 1210. The SMILES string of the molecule is CCOc1cc(C(=O)N2CCC(Cn3c(C(F)(F)F)nc4ccccc43)CC2)cc(OCC)c1OCC. The highest BCUT2D eigenvalue weighted by molar-refractivity contribution is 5.95. The Morgan fingerprint density at radius 3 is 2.14 bits per heavy atom. The summed E-state index contributed by atoms with van der Waals surface area (Å²) in [5.41, 5.74) is 1.22. The van der Waals surface area contributed by atoms with Crippen LogP contribution in [-0.2, 0) is 12.7 Å². The number of hydrogen-bond acceptors (Lipinski definition) is 5. The van der Waals surface area contributed by atoms with Crippen molar-refractivity contribution in [3.63, 3.8) is 0 Å². The number of nitrogens with zero attached hydrogens (tertiary/aromatic N) is 3. The van der Waals surface area contributed by atoms with Crippen molar-refractivity contribution in [1.82, 2.24) is 14.5 Å². The molecule has 1 aromatic heterocycles. The molecule has 1 aliphatic rings. The average Bonchev–Trinajstić information content (AvgIpc) is 3.25. The number of piperidine rings is 1. The van der Waals surface area contributed by atoms with E-state index >= 15 is 0 Å². The molecule has 1 saturated heterocycles. The number of halogens is 3. The number of fused-ring (bicyclic) bond motifs is 1. The van der Waals surface area contributed by atoms with Crippen LogP contribution >= 0.6 is 0 Å². The molecule has 37 heavy (non-hydrogen) atoms. The van der Waals surface area contributed by atoms with E-state index in [1.165, 1.54) is 4.57 Å². The smallest absolute Gasteiger partial charge is 0.449 e. The molecule has 1 fully saturated rings. The van der Waals surface area contributed by atoms with Crippen LogP contribution in [0.5, 0.6) is 17.2 Å². The van der Waals surface area contributed by atoms with E-state index in [4.69, 9.17) is 14.2 Å². The van der Waals surface area contributed by atoms with E-state index in [9.17, 15) is 18.0 Å². The maximum Gasteiger partial charge on any atom is 0.449 e. The lowest BCUT2D eigenvalue weighted by atomic mass is 9.96. The summed E-state index contributed by atoms with van der Waals surface area (Å²) in [7, 11) is 0. The van der Waals surface area contributed by atoms with E-state index in [0.717, 1.165) is 0 Å². The van der Waals surface area contributed by atoms with E-state index in [-0.39, 0.29) is 18.4 Å². The number of imidazole rings is 1. The molecular formula is C27H32F3N3O4. The molecule has 0 atom stereocenters. The largest absolute Gasteiger partial charge is 0.490 e. The third-order valence-corrected chi connectivity index (χ3v) is 6.41. The van der Waals surface area contributed by atoms with Crippen LogP contribution in [0.4, 0.5) is 13.2 Å². The highest BCUT2D eigenvalue weighted by Crippen LogP contribution is 2.40. The summed E-state index contributed by atoms with van der Waals surface area (Å²) in [4.78, 5) is 18.9. The van der Waals surface area contributed by atoms with Gasteiger partial charge in [0.2, 0.25) is 11.6 Å². The highest BCUT2D eigenvalue weighted by atomic mass is 19.4. The van der Waals surface area contributed by atoms with Gasteiger partial charge in [0.05, 0.1) is 30.9 Å². The van der Waals surface area contributed by atoms with Crippen molar-refractivity contribution in [1.29, 1.82) is 0 Å². The minimum atomic E-state index is -4.54. The van der Waals surface area contributed by atoms with Gasteiger partial charge in [-0.05, 0) is 63.8 Å². The second-order valence-electron chi connectivity index (χ2n) is 8.87. The van der Waals surface area contributed by atoms with Crippen LogP contribution in [0.25, 0.3) is 11.0 Å². The van der Waals surface area contributed by atoms with Gasteiger partial charge in [-0.1, -0.05) is 12.1 Å². The first-order valence-corrected chi connectivity index (χ1v) is 12.6. The summed E-state index contributed by atoms with van der Waals surface area (Å²) in [6.07, 6.45) is -3.37. The molecule has 0 unspecified atom stereocenters. The molecule has 200 valence electrons. The molecule has 0 N–H and O–H groups in total. The Morgan fingerprint density at radius 1 is 0.973 bits per heavy atom. The first-order chi connectivity index (χ1) is 17.8. The van der Waals surface area contributed by atoms with Crippen LogP contribution in [0, 0.1) is 5.92 Å². The van der Waals surface area contributed by atoms with Crippen molar-refractivity contribution in [2.24, 2.45) is 5.92 Å². The molecule has 1 aliphatic heterocycles.